The topological polar surface area (TPSA) is 55.6 Å². The first-order valence-electron chi connectivity index (χ1n) is 9.79. The van der Waals surface area contributed by atoms with E-state index in [-0.39, 0.29) is 18.3 Å². The zero-order valence-corrected chi connectivity index (χ0v) is 16.8. The zero-order valence-electron chi connectivity index (χ0n) is 16.0. The van der Waals surface area contributed by atoms with Crippen LogP contribution in [0.3, 0.4) is 0 Å². The second-order valence-electron chi connectivity index (χ2n) is 7.93. The minimum Gasteiger partial charge on any atom is -0.375 e. The molecule has 1 aromatic carbocycles. The van der Waals surface area contributed by atoms with Gasteiger partial charge in [0.1, 0.15) is 6.04 Å². The number of nitrogens with zero attached hydrogens (tertiary/aromatic N) is 1. The number of hydrogen-bond donors (Lipinski definition) is 1. The number of halogens is 1. The van der Waals surface area contributed by atoms with Crippen molar-refractivity contribution in [3.63, 3.8) is 0 Å². The van der Waals surface area contributed by atoms with Gasteiger partial charge in [0.05, 0.1) is 12.2 Å². The van der Waals surface area contributed by atoms with E-state index in [2.05, 4.69) is 6.92 Å². The molecule has 5 heteroatoms. The molecule has 1 heterocycles. The number of amides is 1. The summed E-state index contributed by atoms with van der Waals surface area (Å²) in [6, 6.07) is 7.37. The fraction of sp³-hybridized carbons (Fsp3) is 0.667. The van der Waals surface area contributed by atoms with Crippen molar-refractivity contribution in [3.05, 3.63) is 35.4 Å². The number of piperidine rings is 1. The molecule has 1 amide bonds. The second-order valence-corrected chi connectivity index (χ2v) is 7.93. The SMILES string of the molecule is Cc1ccc(C(N)C(=O)N2CCC(OC3CCC(C)CC3)CC2)cc1.Cl. The lowest BCUT2D eigenvalue weighted by molar-refractivity contribution is -0.136. The average molecular weight is 381 g/mol. The molecule has 1 unspecified atom stereocenters. The van der Waals surface area contributed by atoms with Crippen LogP contribution in [0.15, 0.2) is 24.3 Å². The van der Waals surface area contributed by atoms with E-state index in [4.69, 9.17) is 10.5 Å². The molecule has 1 saturated carbocycles. The van der Waals surface area contributed by atoms with E-state index >= 15 is 0 Å². The van der Waals surface area contributed by atoms with E-state index in [9.17, 15) is 4.79 Å². The lowest BCUT2D eigenvalue weighted by atomic mass is 9.88. The molecule has 0 aromatic heterocycles. The van der Waals surface area contributed by atoms with Gasteiger partial charge in [-0.3, -0.25) is 4.79 Å². The van der Waals surface area contributed by atoms with Crippen LogP contribution in [-0.2, 0) is 9.53 Å². The molecule has 2 N–H and O–H groups in total. The zero-order chi connectivity index (χ0) is 17.8. The highest BCUT2D eigenvalue weighted by Crippen LogP contribution is 2.28. The van der Waals surface area contributed by atoms with Crippen LogP contribution >= 0.6 is 12.4 Å². The fourth-order valence-electron chi connectivity index (χ4n) is 3.96. The molecular weight excluding hydrogens is 348 g/mol. The van der Waals surface area contributed by atoms with Gasteiger partial charge in [-0.15, -0.1) is 12.4 Å². The predicted octanol–water partition coefficient (Wildman–Crippen LogP) is 4.00. The summed E-state index contributed by atoms with van der Waals surface area (Å²) in [5, 5.41) is 0. The molecule has 4 nitrogen and oxygen atoms in total. The van der Waals surface area contributed by atoms with Gasteiger partial charge in [-0.25, -0.2) is 0 Å². The number of likely N-dealkylation sites (tertiary alicyclic amines) is 1. The largest absolute Gasteiger partial charge is 0.375 e. The van der Waals surface area contributed by atoms with Gasteiger partial charge >= 0.3 is 0 Å². The van der Waals surface area contributed by atoms with Crippen molar-refractivity contribution < 1.29 is 9.53 Å². The van der Waals surface area contributed by atoms with Crippen LogP contribution in [0.1, 0.15) is 62.6 Å². The van der Waals surface area contributed by atoms with Gasteiger partial charge in [-0.2, -0.15) is 0 Å². The van der Waals surface area contributed by atoms with Crippen LogP contribution in [0.25, 0.3) is 0 Å². The van der Waals surface area contributed by atoms with Crippen LogP contribution in [0.2, 0.25) is 0 Å². The summed E-state index contributed by atoms with van der Waals surface area (Å²) in [4.78, 5) is 14.6. The summed E-state index contributed by atoms with van der Waals surface area (Å²) in [6.07, 6.45) is 7.55. The lowest BCUT2D eigenvalue weighted by Gasteiger charge is -2.36. The maximum atomic E-state index is 12.7. The van der Waals surface area contributed by atoms with E-state index in [1.165, 1.54) is 31.2 Å². The van der Waals surface area contributed by atoms with Gasteiger partial charge in [0.25, 0.3) is 0 Å². The number of nitrogens with two attached hydrogens (primary N) is 1. The highest BCUT2D eigenvalue weighted by molar-refractivity contribution is 5.85. The third-order valence-electron chi connectivity index (χ3n) is 5.80. The first kappa shape index (κ1) is 21.2. The van der Waals surface area contributed by atoms with Crippen molar-refractivity contribution in [1.82, 2.24) is 4.90 Å². The summed E-state index contributed by atoms with van der Waals surface area (Å²) in [5.74, 6) is 0.886. The molecule has 3 rings (SSSR count). The molecule has 0 bridgehead atoms. The number of hydrogen-bond acceptors (Lipinski definition) is 3. The molecule has 1 aliphatic carbocycles. The molecule has 2 fully saturated rings. The van der Waals surface area contributed by atoms with Gasteiger partial charge < -0.3 is 15.4 Å². The first-order chi connectivity index (χ1) is 12.0. The molecule has 1 atom stereocenters. The van der Waals surface area contributed by atoms with Gasteiger partial charge in [0, 0.05) is 13.1 Å². The molecule has 1 saturated heterocycles. The number of carbonyl (C=O) groups is 1. The number of aryl methyl sites for hydroxylation is 1. The standard InChI is InChI=1S/C21H32N2O2.ClH/c1-15-3-7-17(8-4-15)20(22)21(24)23-13-11-19(12-14-23)25-18-9-5-16(2)6-10-18;/h3-4,7-8,16,18-20H,5-6,9-14,22H2,1-2H3;1H. The minimum absolute atomic E-state index is 0. The van der Waals surface area contributed by atoms with Crippen LogP contribution in [0.5, 0.6) is 0 Å². The Hall–Kier alpha value is -1.10. The summed E-state index contributed by atoms with van der Waals surface area (Å²) in [5.41, 5.74) is 8.27. The lowest BCUT2D eigenvalue weighted by Crippen LogP contribution is -2.45. The quantitative estimate of drug-likeness (QED) is 0.858. The van der Waals surface area contributed by atoms with E-state index in [1.54, 1.807) is 0 Å². The maximum Gasteiger partial charge on any atom is 0.244 e. The van der Waals surface area contributed by atoms with Crippen LogP contribution in [0.4, 0.5) is 0 Å². The first-order valence-corrected chi connectivity index (χ1v) is 9.79. The molecule has 0 radical (unpaired) electrons. The average Bonchev–Trinajstić information content (AvgIpc) is 2.64. The van der Waals surface area contributed by atoms with E-state index in [0.717, 1.165) is 37.4 Å². The van der Waals surface area contributed by atoms with Crippen molar-refractivity contribution in [3.8, 4) is 0 Å². The van der Waals surface area contributed by atoms with E-state index in [0.29, 0.717) is 12.2 Å². The summed E-state index contributed by atoms with van der Waals surface area (Å²) < 4.78 is 6.30. The minimum atomic E-state index is -0.557. The molecular formula is C21H33ClN2O2. The number of ether oxygens (including phenoxy) is 1. The third-order valence-corrected chi connectivity index (χ3v) is 5.80. The Morgan fingerprint density at radius 3 is 2.15 bits per heavy atom. The molecule has 1 aromatic rings. The van der Waals surface area contributed by atoms with E-state index in [1.807, 2.05) is 36.1 Å². The van der Waals surface area contributed by atoms with Crippen LogP contribution in [-0.4, -0.2) is 36.1 Å². The molecule has 0 spiro atoms. The number of benzene rings is 1. The molecule has 146 valence electrons. The Morgan fingerprint density at radius 1 is 1.04 bits per heavy atom. The van der Waals surface area contributed by atoms with Crippen LogP contribution < -0.4 is 5.73 Å². The smallest absolute Gasteiger partial charge is 0.244 e. The Labute approximate surface area is 163 Å². The summed E-state index contributed by atoms with van der Waals surface area (Å²) in [6.45, 7) is 5.88. The maximum absolute atomic E-state index is 12.7. The molecule has 1 aliphatic heterocycles. The van der Waals surface area contributed by atoms with Crippen LogP contribution in [0, 0.1) is 12.8 Å². The van der Waals surface area contributed by atoms with Gasteiger partial charge in [-0.1, -0.05) is 36.8 Å². The Balaban J connectivity index is 0.00000243. The van der Waals surface area contributed by atoms with Crippen molar-refractivity contribution in [1.29, 1.82) is 0 Å². The monoisotopic (exact) mass is 380 g/mol. The van der Waals surface area contributed by atoms with Gasteiger partial charge in [-0.05, 0) is 56.9 Å². The number of rotatable bonds is 4. The van der Waals surface area contributed by atoms with Crippen molar-refractivity contribution in [2.45, 2.75) is 70.6 Å². The fourth-order valence-corrected chi connectivity index (χ4v) is 3.96. The second kappa shape index (κ2) is 9.72. The third kappa shape index (κ3) is 5.45. The molecule has 2 aliphatic rings. The Morgan fingerprint density at radius 2 is 1.58 bits per heavy atom. The molecule has 26 heavy (non-hydrogen) atoms. The van der Waals surface area contributed by atoms with Gasteiger partial charge in [0.15, 0.2) is 0 Å². The summed E-state index contributed by atoms with van der Waals surface area (Å²) in [7, 11) is 0. The predicted molar refractivity (Wildman–Crippen MR) is 107 cm³/mol. The van der Waals surface area contributed by atoms with Crippen molar-refractivity contribution in [2.24, 2.45) is 11.7 Å². The highest BCUT2D eigenvalue weighted by Gasteiger charge is 2.29. The van der Waals surface area contributed by atoms with Crippen molar-refractivity contribution in [2.75, 3.05) is 13.1 Å². The summed E-state index contributed by atoms with van der Waals surface area (Å²) >= 11 is 0. The normalized spacial score (nSPS) is 25.4. The van der Waals surface area contributed by atoms with E-state index < -0.39 is 6.04 Å². The Bertz CT molecular complexity index is 562. The highest BCUT2D eigenvalue weighted by atomic mass is 35.5. The Kier molecular flexibility index (Phi) is 7.93. The number of carbonyl (C=O) groups excluding carboxylic acids is 1. The van der Waals surface area contributed by atoms with Gasteiger partial charge in [0.2, 0.25) is 5.91 Å². The van der Waals surface area contributed by atoms with Crippen molar-refractivity contribution >= 4 is 18.3 Å².